The Morgan fingerprint density at radius 1 is 1.26 bits per heavy atom. The van der Waals surface area contributed by atoms with Gasteiger partial charge in [0.25, 0.3) is 0 Å². The zero-order valence-corrected chi connectivity index (χ0v) is 23.9. The minimum Gasteiger partial charge on any atom is -0.487 e. The average molecular weight is 559 g/mol. The fraction of sp³-hybridized carbons (Fsp3) is 0.464. The number of carboxylic acid groups (broad SMARTS) is 1. The average Bonchev–Trinajstić information content (AvgIpc) is 3.29. The van der Waals surface area contributed by atoms with Crippen molar-refractivity contribution in [1.82, 2.24) is 19.3 Å². The van der Waals surface area contributed by atoms with E-state index in [2.05, 4.69) is 17.2 Å². The summed E-state index contributed by atoms with van der Waals surface area (Å²) in [7, 11) is -3.33. The Morgan fingerprint density at radius 2 is 2.00 bits per heavy atom. The maximum Gasteiger partial charge on any atom is 0.312 e. The second-order valence-corrected chi connectivity index (χ2v) is 12.6. The number of fused-ring (bicyclic) bond motifs is 1. The first-order chi connectivity index (χ1) is 18.4. The number of hydrogen-bond donors (Lipinski definition) is 3. The van der Waals surface area contributed by atoms with Gasteiger partial charge in [0, 0.05) is 13.1 Å². The van der Waals surface area contributed by atoms with Gasteiger partial charge in [-0.05, 0) is 62.9 Å². The lowest BCUT2D eigenvalue weighted by molar-refractivity contribution is -0.158. The fourth-order valence-corrected chi connectivity index (χ4v) is 6.33. The van der Waals surface area contributed by atoms with Gasteiger partial charge in [0.1, 0.15) is 22.4 Å². The van der Waals surface area contributed by atoms with Gasteiger partial charge >= 0.3 is 5.97 Å². The summed E-state index contributed by atoms with van der Waals surface area (Å²) >= 11 is 0. The number of ether oxygens (including phenoxy) is 2. The quantitative estimate of drug-likeness (QED) is 0.288. The number of rotatable bonds is 10. The molecule has 2 aromatic carbocycles. The van der Waals surface area contributed by atoms with Gasteiger partial charge in [-0.1, -0.05) is 42.5 Å². The van der Waals surface area contributed by atoms with Gasteiger partial charge in [0.2, 0.25) is 0 Å². The molecule has 2 heterocycles. The van der Waals surface area contributed by atoms with Crippen molar-refractivity contribution in [3.63, 3.8) is 0 Å². The van der Waals surface area contributed by atoms with Crippen molar-refractivity contribution in [3.8, 4) is 5.75 Å². The molecular weight excluding hydrogens is 520 g/mol. The lowest BCUT2D eigenvalue weighted by Gasteiger charge is -2.42. The first-order valence-electron chi connectivity index (χ1n) is 13.1. The van der Waals surface area contributed by atoms with Gasteiger partial charge in [0.05, 0.1) is 30.9 Å². The summed E-state index contributed by atoms with van der Waals surface area (Å²) in [6.45, 7) is 10.5. The molecule has 4 rings (SSSR count). The number of carbonyl (C=O) groups is 1. The van der Waals surface area contributed by atoms with Gasteiger partial charge in [-0.2, -0.15) is 4.31 Å². The summed E-state index contributed by atoms with van der Waals surface area (Å²) in [5.74, 6) is -0.529. The molecule has 0 amide bonds. The molecule has 11 heteroatoms. The van der Waals surface area contributed by atoms with Gasteiger partial charge in [-0.25, -0.2) is 0 Å². The van der Waals surface area contributed by atoms with Gasteiger partial charge in [-0.15, -0.1) is 15.9 Å². The van der Waals surface area contributed by atoms with Crippen LogP contribution in [0.4, 0.5) is 0 Å². The summed E-state index contributed by atoms with van der Waals surface area (Å²) < 4.78 is 38.2. The lowest BCUT2D eigenvalue weighted by Crippen LogP contribution is -2.34. The molecule has 3 N–H and O–H groups in total. The zero-order chi connectivity index (χ0) is 28.4. The summed E-state index contributed by atoms with van der Waals surface area (Å²) in [4.78, 5) is 12.6. The summed E-state index contributed by atoms with van der Waals surface area (Å²) in [5.41, 5.74) is 1.82. The Balaban J connectivity index is 1.64. The van der Waals surface area contributed by atoms with Crippen LogP contribution in [-0.4, -0.2) is 52.1 Å². The Hall–Kier alpha value is -2.96. The summed E-state index contributed by atoms with van der Waals surface area (Å²) in [6.07, 6.45) is 1.66. The van der Waals surface area contributed by atoms with E-state index in [1.54, 1.807) is 53.3 Å². The van der Waals surface area contributed by atoms with Crippen molar-refractivity contribution < 1.29 is 28.5 Å². The summed E-state index contributed by atoms with van der Waals surface area (Å²) in [6, 6.07) is 12.7. The molecular formula is C28H38N4O6S. The highest BCUT2D eigenvalue weighted by atomic mass is 32.3. The van der Waals surface area contributed by atoms with E-state index < -0.39 is 28.3 Å². The molecule has 0 spiro atoms. The van der Waals surface area contributed by atoms with Crippen LogP contribution in [0.2, 0.25) is 0 Å². The standard InChI is InChI=1S/C28H38N4O6S/c1-6-13-31-17-23(29-30-31)18-37-26(28(4,5)27(33)34)21-12-11-19(2)22(14-21)16-32-15-20(3)38-24-9-7-8-10-25(24)39(32,35)36/h7-12,14,17,20,26,35-36H,6,13,15-16,18H2,1-5H3,(H,33,34). The van der Waals surface area contributed by atoms with Crippen molar-refractivity contribution in [2.24, 2.45) is 5.41 Å². The molecule has 1 aliphatic heterocycles. The van der Waals surface area contributed by atoms with Crippen LogP contribution < -0.4 is 4.74 Å². The highest BCUT2D eigenvalue weighted by Gasteiger charge is 2.40. The number of benzene rings is 2. The van der Waals surface area contributed by atoms with Crippen molar-refractivity contribution in [1.29, 1.82) is 0 Å². The Labute approximate surface area is 231 Å². The van der Waals surface area contributed by atoms with Crippen molar-refractivity contribution >= 4 is 16.7 Å². The van der Waals surface area contributed by atoms with Crippen molar-refractivity contribution in [2.75, 3.05) is 6.54 Å². The van der Waals surface area contributed by atoms with Crippen LogP contribution in [-0.2, 0) is 29.2 Å². The van der Waals surface area contributed by atoms with Crippen LogP contribution in [0, 0.1) is 12.3 Å². The van der Waals surface area contributed by atoms with Gasteiger partial charge in [0.15, 0.2) is 0 Å². The molecule has 10 nitrogen and oxygen atoms in total. The van der Waals surface area contributed by atoms with Crippen LogP contribution in [0.1, 0.15) is 62.6 Å². The molecule has 0 aliphatic carbocycles. The number of carboxylic acids is 1. The van der Waals surface area contributed by atoms with E-state index in [9.17, 15) is 19.0 Å². The van der Waals surface area contributed by atoms with Crippen LogP contribution in [0.25, 0.3) is 0 Å². The smallest absolute Gasteiger partial charge is 0.312 e. The number of aryl methyl sites for hydroxylation is 2. The normalized spacial score (nSPS) is 19.0. The number of hydrogen-bond acceptors (Lipinski definition) is 8. The molecule has 3 aromatic rings. The highest BCUT2D eigenvalue weighted by Crippen LogP contribution is 2.57. The largest absolute Gasteiger partial charge is 0.487 e. The van der Waals surface area contributed by atoms with Crippen LogP contribution >= 0.6 is 10.8 Å². The third-order valence-corrected chi connectivity index (χ3v) is 8.88. The van der Waals surface area contributed by atoms with E-state index >= 15 is 0 Å². The molecule has 1 aromatic heterocycles. The van der Waals surface area contributed by atoms with Crippen LogP contribution in [0.3, 0.4) is 0 Å². The minimum atomic E-state index is -3.33. The topological polar surface area (TPSA) is 130 Å². The van der Waals surface area contributed by atoms with E-state index in [1.807, 2.05) is 32.0 Å². The van der Waals surface area contributed by atoms with E-state index in [1.165, 1.54) is 0 Å². The van der Waals surface area contributed by atoms with Crippen molar-refractivity contribution in [2.45, 2.75) is 77.8 Å². The number of aliphatic carboxylic acids is 1. The molecule has 1 aliphatic rings. The maximum absolute atomic E-state index is 12.3. The van der Waals surface area contributed by atoms with E-state index in [0.29, 0.717) is 28.4 Å². The molecule has 2 unspecified atom stereocenters. The molecule has 0 bridgehead atoms. The molecule has 0 saturated heterocycles. The molecule has 2 atom stereocenters. The third-order valence-electron chi connectivity index (χ3n) is 6.96. The van der Waals surface area contributed by atoms with Crippen LogP contribution in [0.15, 0.2) is 53.6 Å². The Kier molecular flexibility index (Phi) is 8.67. The van der Waals surface area contributed by atoms with E-state index in [0.717, 1.165) is 24.1 Å². The maximum atomic E-state index is 12.3. The SMILES string of the molecule is CCCn1cc(COC(c2ccc(C)c(CN3CC(C)Oc4ccccc4S3(O)O)c2)C(C)(C)C(=O)O)nn1. The summed E-state index contributed by atoms with van der Waals surface area (Å²) in [5, 5.41) is 18.3. The second kappa shape index (κ2) is 11.6. The van der Waals surface area contributed by atoms with Crippen molar-refractivity contribution in [3.05, 3.63) is 71.0 Å². The van der Waals surface area contributed by atoms with Gasteiger partial charge < -0.3 is 14.6 Å². The fourth-order valence-electron chi connectivity index (χ4n) is 4.67. The Bertz CT molecular complexity index is 1310. The zero-order valence-electron chi connectivity index (χ0n) is 23.1. The molecule has 0 fully saturated rings. The first kappa shape index (κ1) is 29.0. The lowest BCUT2D eigenvalue weighted by atomic mass is 9.81. The molecule has 39 heavy (non-hydrogen) atoms. The number of para-hydroxylation sites is 1. The van der Waals surface area contributed by atoms with E-state index in [-0.39, 0.29) is 19.3 Å². The number of aromatic nitrogens is 3. The van der Waals surface area contributed by atoms with Gasteiger partial charge in [-0.3, -0.25) is 18.6 Å². The van der Waals surface area contributed by atoms with Crippen LogP contribution in [0.5, 0.6) is 5.75 Å². The second-order valence-electron chi connectivity index (χ2n) is 10.6. The third kappa shape index (κ3) is 6.28. The minimum absolute atomic E-state index is 0.104. The molecule has 0 saturated carbocycles. The monoisotopic (exact) mass is 558 g/mol. The Morgan fingerprint density at radius 3 is 2.72 bits per heavy atom. The molecule has 212 valence electrons. The first-order valence-corrected chi connectivity index (χ1v) is 14.6. The molecule has 0 radical (unpaired) electrons. The van der Waals surface area contributed by atoms with E-state index in [4.69, 9.17) is 9.47 Å². The predicted molar refractivity (Wildman–Crippen MR) is 148 cm³/mol. The highest BCUT2D eigenvalue weighted by molar-refractivity contribution is 8.22. The number of nitrogens with zero attached hydrogens (tertiary/aromatic N) is 4. The predicted octanol–water partition coefficient (Wildman–Crippen LogP) is 5.67.